The minimum atomic E-state index is -0.668. The van der Waals surface area contributed by atoms with E-state index in [0.717, 1.165) is 30.0 Å². The fraction of sp³-hybridized carbons (Fsp3) is 0.381. The second-order valence-electron chi connectivity index (χ2n) is 6.15. The van der Waals surface area contributed by atoms with Gasteiger partial charge in [0.2, 0.25) is 5.91 Å². The van der Waals surface area contributed by atoms with E-state index in [1.807, 2.05) is 48.5 Å². The van der Waals surface area contributed by atoms with Crippen molar-refractivity contribution in [3.05, 3.63) is 65.7 Å². The van der Waals surface area contributed by atoms with Crippen LogP contribution in [0.2, 0.25) is 0 Å². The average Bonchev–Trinajstić information content (AvgIpc) is 2.71. The number of nitrogens with zero attached hydrogens (tertiary/aromatic N) is 1. The first kappa shape index (κ1) is 26.2. The summed E-state index contributed by atoms with van der Waals surface area (Å²) in [6.07, 6.45) is 0. The van der Waals surface area contributed by atoms with Crippen molar-refractivity contribution < 1.29 is 9.53 Å². The van der Waals surface area contributed by atoms with Gasteiger partial charge in [0, 0.05) is 6.54 Å². The molecule has 7 heteroatoms. The third kappa shape index (κ3) is 6.99. The van der Waals surface area contributed by atoms with Gasteiger partial charge in [-0.1, -0.05) is 56.3 Å². The molecule has 2 rings (SSSR count). The second-order valence-corrected chi connectivity index (χ2v) is 6.15. The molecule has 156 valence electrons. The Labute approximate surface area is 180 Å². The monoisotopic (exact) mass is 427 g/mol. The molecule has 0 bridgehead atoms. The van der Waals surface area contributed by atoms with Gasteiger partial charge in [-0.05, 0) is 36.3 Å². The van der Waals surface area contributed by atoms with Gasteiger partial charge < -0.3 is 15.8 Å². The van der Waals surface area contributed by atoms with E-state index in [9.17, 15) is 4.79 Å². The average molecular weight is 428 g/mol. The molecule has 28 heavy (non-hydrogen) atoms. The Balaban J connectivity index is 0.00000364. The fourth-order valence-electron chi connectivity index (χ4n) is 3.09. The maximum atomic E-state index is 12.5. The van der Waals surface area contributed by atoms with E-state index in [0.29, 0.717) is 6.54 Å². The number of halogens is 2. The van der Waals surface area contributed by atoms with Crippen LogP contribution in [0, 0.1) is 0 Å². The van der Waals surface area contributed by atoms with E-state index >= 15 is 0 Å². The van der Waals surface area contributed by atoms with Gasteiger partial charge in [-0.15, -0.1) is 24.8 Å². The second kappa shape index (κ2) is 13.4. The molecule has 2 unspecified atom stereocenters. The predicted octanol–water partition coefficient (Wildman–Crippen LogP) is 3.74. The Morgan fingerprint density at radius 3 is 2.21 bits per heavy atom. The van der Waals surface area contributed by atoms with Crippen LogP contribution in [0.15, 0.2) is 54.6 Å². The van der Waals surface area contributed by atoms with Gasteiger partial charge in [-0.2, -0.15) is 0 Å². The van der Waals surface area contributed by atoms with Crippen LogP contribution in [0.25, 0.3) is 0 Å². The highest BCUT2D eigenvalue weighted by Crippen LogP contribution is 2.24. The van der Waals surface area contributed by atoms with E-state index < -0.39 is 6.04 Å². The van der Waals surface area contributed by atoms with Crippen molar-refractivity contribution in [3.63, 3.8) is 0 Å². The van der Waals surface area contributed by atoms with Crippen molar-refractivity contribution in [2.45, 2.75) is 25.9 Å². The van der Waals surface area contributed by atoms with Crippen molar-refractivity contribution in [2.75, 3.05) is 26.7 Å². The minimum Gasteiger partial charge on any atom is -0.497 e. The summed E-state index contributed by atoms with van der Waals surface area (Å²) < 4.78 is 5.35. The molecule has 0 radical (unpaired) electrons. The molecule has 2 aromatic rings. The first-order valence-corrected chi connectivity index (χ1v) is 9.06. The number of amides is 1. The van der Waals surface area contributed by atoms with Crippen molar-refractivity contribution in [1.82, 2.24) is 10.2 Å². The first-order chi connectivity index (χ1) is 12.6. The van der Waals surface area contributed by atoms with Crippen LogP contribution >= 0.6 is 24.8 Å². The van der Waals surface area contributed by atoms with Gasteiger partial charge in [0.1, 0.15) is 11.8 Å². The van der Waals surface area contributed by atoms with Crippen LogP contribution < -0.4 is 15.8 Å². The van der Waals surface area contributed by atoms with Gasteiger partial charge in [-0.3, -0.25) is 9.69 Å². The van der Waals surface area contributed by atoms with E-state index in [1.165, 1.54) is 0 Å². The highest BCUT2D eigenvalue weighted by Gasteiger charge is 2.21. The SMILES string of the molecule is CCN(CC)C(CNC(=O)C(N)c1ccccc1)c1cccc(OC)c1.Cl.Cl. The number of ether oxygens (including phenoxy) is 1. The lowest BCUT2D eigenvalue weighted by Crippen LogP contribution is -2.41. The molecule has 0 aliphatic carbocycles. The molecule has 0 saturated heterocycles. The number of hydrogen-bond donors (Lipinski definition) is 2. The van der Waals surface area contributed by atoms with Gasteiger partial charge in [0.05, 0.1) is 13.2 Å². The number of nitrogens with one attached hydrogen (secondary N) is 1. The molecule has 0 aliphatic rings. The predicted molar refractivity (Wildman–Crippen MR) is 120 cm³/mol. The summed E-state index contributed by atoms with van der Waals surface area (Å²) in [7, 11) is 1.66. The molecule has 0 fully saturated rings. The lowest BCUT2D eigenvalue weighted by molar-refractivity contribution is -0.122. The van der Waals surface area contributed by atoms with E-state index in [2.05, 4.69) is 30.1 Å². The van der Waals surface area contributed by atoms with E-state index in [-0.39, 0.29) is 36.8 Å². The number of carbonyl (C=O) groups excluding carboxylic acids is 1. The van der Waals surface area contributed by atoms with Gasteiger partial charge in [0.25, 0.3) is 0 Å². The summed E-state index contributed by atoms with van der Waals surface area (Å²) in [4.78, 5) is 14.8. The maximum absolute atomic E-state index is 12.5. The largest absolute Gasteiger partial charge is 0.497 e. The zero-order valence-corrected chi connectivity index (χ0v) is 18.3. The third-order valence-corrected chi connectivity index (χ3v) is 4.64. The standard InChI is InChI=1S/C21H29N3O2.2ClH/c1-4-24(5-2)19(17-12-9-13-18(14-17)26-3)15-23-21(25)20(22)16-10-7-6-8-11-16;;/h6-14,19-20H,4-5,15,22H2,1-3H3,(H,23,25);2*1H. The number of methoxy groups -OCH3 is 1. The molecule has 0 spiro atoms. The van der Waals surface area contributed by atoms with Crippen LogP contribution in [0.1, 0.15) is 37.1 Å². The Hall–Kier alpha value is -1.79. The zero-order chi connectivity index (χ0) is 18.9. The normalized spacial score (nSPS) is 12.3. The lowest BCUT2D eigenvalue weighted by atomic mass is 10.0. The summed E-state index contributed by atoms with van der Waals surface area (Å²) in [6, 6.07) is 16.8. The summed E-state index contributed by atoms with van der Waals surface area (Å²) in [6.45, 7) is 6.51. The fourth-order valence-corrected chi connectivity index (χ4v) is 3.09. The summed E-state index contributed by atoms with van der Waals surface area (Å²) in [5.74, 6) is 0.642. The van der Waals surface area contributed by atoms with E-state index in [4.69, 9.17) is 10.5 Å². The molecule has 2 atom stereocenters. The number of likely N-dealkylation sites (N-methyl/N-ethyl adjacent to an activating group) is 1. The molecule has 3 N–H and O–H groups in total. The van der Waals surface area contributed by atoms with Gasteiger partial charge >= 0.3 is 0 Å². The first-order valence-electron chi connectivity index (χ1n) is 9.06. The van der Waals surface area contributed by atoms with Crippen molar-refractivity contribution in [3.8, 4) is 5.75 Å². The van der Waals surface area contributed by atoms with Crippen LogP contribution in [0.5, 0.6) is 5.75 Å². The minimum absolute atomic E-state index is 0. The molecule has 0 saturated carbocycles. The summed E-state index contributed by atoms with van der Waals surface area (Å²) in [5, 5.41) is 3.02. The van der Waals surface area contributed by atoms with Crippen LogP contribution in [-0.4, -0.2) is 37.6 Å². The zero-order valence-electron chi connectivity index (χ0n) is 16.6. The van der Waals surface area contributed by atoms with Crippen molar-refractivity contribution in [2.24, 2.45) is 5.73 Å². The molecule has 2 aromatic carbocycles. The van der Waals surface area contributed by atoms with Crippen LogP contribution in [0.4, 0.5) is 0 Å². The topological polar surface area (TPSA) is 67.6 Å². The number of nitrogens with two attached hydrogens (primary N) is 1. The highest BCUT2D eigenvalue weighted by atomic mass is 35.5. The molecule has 0 aliphatic heterocycles. The number of carbonyl (C=O) groups is 1. The number of benzene rings is 2. The third-order valence-electron chi connectivity index (χ3n) is 4.64. The quantitative estimate of drug-likeness (QED) is 0.639. The molecule has 0 heterocycles. The van der Waals surface area contributed by atoms with Gasteiger partial charge in [0.15, 0.2) is 0 Å². The maximum Gasteiger partial charge on any atom is 0.241 e. The van der Waals surface area contributed by atoms with Gasteiger partial charge in [-0.25, -0.2) is 0 Å². The molecule has 5 nitrogen and oxygen atoms in total. The molecular weight excluding hydrogens is 397 g/mol. The Morgan fingerprint density at radius 1 is 1.04 bits per heavy atom. The lowest BCUT2D eigenvalue weighted by Gasteiger charge is -2.31. The molecular formula is C21H31Cl2N3O2. The summed E-state index contributed by atoms with van der Waals surface area (Å²) in [5.41, 5.74) is 8.03. The van der Waals surface area contributed by atoms with Crippen molar-refractivity contribution >= 4 is 30.7 Å². The Kier molecular flexibility index (Phi) is 12.5. The summed E-state index contributed by atoms with van der Waals surface area (Å²) >= 11 is 0. The smallest absolute Gasteiger partial charge is 0.241 e. The van der Waals surface area contributed by atoms with E-state index in [1.54, 1.807) is 7.11 Å². The molecule has 0 aromatic heterocycles. The van der Waals surface area contributed by atoms with Crippen LogP contribution in [0.3, 0.4) is 0 Å². The Bertz CT molecular complexity index is 697. The van der Waals surface area contributed by atoms with Crippen LogP contribution in [-0.2, 0) is 4.79 Å². The molecule has 1 amide bonds. The number of rotatable bonds is 9. The highest BCUT2D eigenvalue weighted by molar-refractivity contribution is 5.85. The number of hydrogen-bond acceptors (Lipinski definition) is 4. The van der Waals surface area contributed by atoms with Crippen molar-refractivity contribution in [1.29, 1.82) is 0 Å². The Morgan fingerprint density at radius 2 is 1.64 bits per heavy atom.